The van der Waals surface area contributed by atoms with E-state index in [4.69, 9.17) is 0 Å². The second-order valence-corrected chi connectivity index (χ2v) is 7.76. The molecule has 0 bridgehead atoms. The van der Waals surface area contributed by atoms with Gasteiger partial charge in [0, 0.05) is 24.8 Å². The number of para-hydroxylation sites is 1. The number of pyridine rings is 1. The maximum Gasteiger partial charge on any atom is 0.277 e. The Morgan fingerprint density at radius 3 is 2.52 bits per heavy atom. The number of hydrogen-bond donors (Lipinski definition) is 0. The van der Waals surface area contributed by atoms with Gasteiger partial charge in [-0.2, -0.15) is 0 Å². The Kier molecular flexibility index (Phi) is 4.68. The number of fused-ring (bicyclic) bond motifs is 1. The lowest BCUT2D eigenvalue weighted by Gasteiger charge is -2.30. The predicted molar refractivity (Wildman–Crippen MR) is 105 cm³/mol. The average Bonchev–Trinajstić information content (AvgIpc) is 3.02. The van der Waals surface area contributed by atoms with Gasteiger partial charge in [-0.3, -0.25) is 9.59 Å². The van der Waals surface area contributed by atoms with Crippen molar-refractivity contribution >= 4 is 17.5 Å². The monoisotopic (exact) mass is 363 g/mol. The van der Waals surface area contributed by atoms with Crippen LogP contribution in [-0.2, 0) is 6.42 Å². The summed E-state index contributed by atoms with van der Waals surface area (Å²) in [7, 11) is 0. The van der Waals surface area contributed by atoms with Crippen LogP contribution in [0.15, 0.2) is 42.5 Å². The van der Waals surface area contributed by atoms with Crippen molar-refractivity contribution in [1.82, 2.24) is 9.88 Å². The number of piperidine rings is 1. The van der Waals surface area contributed by atoms with Crippen LogP contribution in [-0.4, -0.2) is 40.8 Å². The van der Waals surface area contributed by atoms with Gasteiger partial charge >= 0.3 is 0 Å². The van der Waals surface area contributed by atoms with E-state index in [0.29, 0.717) is 17.3 Å². The fraction of sp³-hybridized carbons (Fsp3) is 0.409. The normalized spacial score (nSPS) is 21.9. The summed E-state index contributed by atoms with van der Waals surface area (Å²) in [6.07, 6.45) is 3.02. The van der Waals surface area contributed by atoms with Crippen molar-refractivity contribution in [3.63, 3.8) is 0 Å². The molecule has 3 heterocycles. The molecule has 0 radical (unpaired) electrons. The highest BCUT2D eigenvalue weighted by Gasteiger charge is 2.32. The Morgan fingerprint density at radius 2 is 1.74 bits per heavy atom. The van der Waals surface area contributed by atoms with Crippen molar-refractivity contribution in [2.45, 2.75) is 39.2 Å². The lowest BCUT2D eigenvalue weighted by atomic mass is 10.00. The van der Waals surface area contributed by atoms with E-state index in [1.807, 2.05) is 30.0 Å². The fourth-order valence-electron chi connectivity index (χ4n) is 4.21. The lowest BCUT2D eigenvalue weighted by molar-refractivity contribution is 0.0677. The minimum atomic E-state index is -0.144. The van der Waals surface area contributed by atoms with Crippen LogP contribution < -0.4 is 4.90 Å². The molecule has 2 atom stereocenters. The minimum absolute atomic E-state index is 0.0777. The molecule has 2 unspecified atom stereocenters. The van der Waals surface area contributed by atoms with Crippen LogP contribution in [0.3, 0.4) is 0 Å². The molecule has 2 aliphatic heterocycles. The number of carbonyl (C=O) groups is 2. The SMILES string of the molecule is CC1CCCN(C(=O)c2cccc(C(=O)N3c4ccccc4CC3C)n2)C1. The van der Waals surface area contributed by atoms with Gasteiger partial charge in [-0.05, 0) is 55.9 Å². The predicted octanol–water partition coefficient (Wildman–Crippen LogP) is 3.55. The molecule has 0 saturated carbocycles. The second-order valence-electron chi connectivity index (χ2n) is 7.76. The van der Waals surface area contributed by atoms with Crippen molar-refractivity contribution in [2.75, 3.05) is 18.0 Å². The van der Waals surface area contributed by atoms with E-state index in [-0.39, 0.29) is 17.9 Å². The van der Waals surface area contributed by atoms with Crippen LogP contribution in [0.4, 0.5) is 5.69 Å². The number of likely N-dealkylation sites (tertiary alicyclic amines) is 1. The zero-order valence-electron chi connectivity index (χ0n) is 15.9. The number of hydrogen-bond acceptors (Lipinski definition) is 3. The van der Waals surface area contributed by atoms with E-state index >= 15 is 0 Å². The molecule has 0 aliphatic carbocycles. The molecular formula is C22H25N3O2. The molecule has 1 aromatic heterocycles. The molecule has 1 aromatic carbocycles. The third-order valence-corrected chi connectivity index (χ3v) is 5.56. The largest absolute Gasteiger partial charge is 0.337 e. The van der Waals surface area contributed by atoms with E-state index in [1.165, 1.54) is 5.56 Å². The van der Waals surface area contributed by atoms with Crippen molar-refractivity contribution in [1.29, 1.82) is 0 Å². The first kappa shape index (κ1) is 17.7. The fourth-order valence-corrected chi connectivity index (χ4v) is 4.21. The Bertz CT molecular complexity index is 879. The van der Waals surface area contributed by atoms with Crippen LogP contribution in [0.5, 0.6) is 0 Å². The van der Waals surface area contributed by atoms with Gasteiger partial charge in [-0.1, -0.05) is 31.2 Å². The van der Waals surface area contributed by atoms with Crippen molar-refractivity contribution in [2.24, 2.45) is 5.92 Å². The molecule has 27 heavy (non-hydrogen) atoms. The molecule has 140 valence electrons. The highest BCUT2D eigenvalue weighted by Crippen LogP contribution is 2.32. The number of rotatable bonds is 2. The van der Waals surface area contributed by atoms with Crippen molar-refractivity contribution < 1.29 is 9.59 Å². The van der Waals surface area contributed by atoms with Gasteiger partial charge in [0.2, 0.25) is 0 Å². The molecule has 0 N–H and O–H groups in total. The first-order chi connectivity index (χ1) is 13.0. The van der Waals surface area contributed by atoms with Gasteiger partial charge in [0.05, 0.1) is 0 Å². The van der Waals surface area contributed by atoms with Gasteiger partial charge in [0.1, 0.15) is 11.4 Å². The molecule has 5 nitrogen and oxygen atoms in total. The van der Waals surface area contributed by atoms with Gasteiger partial charge < -0.3 is 9.80 Å². The quantitative estimate of drug-likeness (QED) is 0.820. The van der Waals surface area contributed by atoms with Crippen LogP contribution >= 0.6 is 0 Å². The van der Waals surface area contributed by atoms with Gasteiger partial charge in [-0.25, -0.2) is 4.98 Å². The molecule has 0 spiro atoms. The highest BCUT2D eigenvalue weighted by atomic mass is 16.2. The Labute approximate surface area is 160 Å². The van der Waals surface area contributed by atoms with Crippen molar-refractivity contribution in [3.8, 4) is 0 Å². The van der Waals surface area contributed by atoms with E-state index < -0.39 is 0 Å². The summed E-state index contributed by atoms with van der Waals surface area (Å²) in [6, 6.07) is 13.2. The number of anilines is 1. The first-order valence-corrected chi connectivity index (χ1v) is 9.72. The summed E-state index contributed by atoms with van der Waals surface area (Å²) in [6.45, 7) is 5.73. The maximum atomic E-state index is 13.2. The molecule has 2 aromatic rings. The van der Waals surface area contributed by atoms with Crippen molar-refractivity contribution in [3.05, 3.63) is 59.4 Å². The first-order valence-electron chi connectivity index (χ1n) is 9.72. The molecule has 5 heteroatoms. The summed E-state index contributed by atoms with van der Waals surface area (Å²) in [5.41, 5.74) is 2.80. The Balaban J connectivity index is 1.59. The Morgan fingerprint density at radius 1 is 1.00 bits per heavy atom. The third-order valence-electron chi connectivity index (χ3n) is 5.56. The summed E-state index contributed by atoms with van der Waals surface area (Å²) in [5.74, 6) is 0.287. The van der Waals surface area contributed by atoms with Gasteiger partial charge in [0.25, 0.3) is 11.8 Å². The number of benzene rings is 1. The molecule has 2 amide bonds. The number of amides is 2. The summed E-state index contributed by atoms with van der Waals surface area (Å²) < 4.78 is 0. The topological polar surface area (TPSA) is 53.5 Å². The zero-order valence-corrected chi connectivity index (χ0v) is 15.9. The lowest BCUT2D eigenvalue weighted by Crippen LogP contribution is -2.40. The third kappa shape index (κ3) is 3.34. The molecule has 2 aliphatic rings. The summed E-state index contributed by atoms with van der Waals surface area (Å²) in [4.78, 5) is 34.1. The smallest absolute Gasteiger partial charge is 0.277 e. The standard InChI is InChI=1S/C22H25N3O2/c1-15-7-6-12-24(14-15)21(26)18-9-5-10-19(23-18)22(27)25-16(2)13-17-8-3-4-11-20(17)25/h3-5,8-11,15-16H,6-7,12-14H2,1-2H3. The van der Waals surface area contributed by atoms with Crippen LogP contribution in [0, 0.1) is 5.92 Å². The molecular weight excluding hydrogens is 338 g/mol. The van der Waals surface area contributed by atoms with E-state index in [1.54, 1.807) is 23.1 Å². The minimum Gasteiger partial charge on any atom is -0.337 e. The molecule has 1 saturated heterocycles. The van der Waals surface area contributed by atoms with E-state index in [9.17, 15) is 9.59 Å². The summed E-state index contributed by atoms with van der Waals surface area (Å²) in [5, 5.41) is 0. The number of nitrogens with zero attached hydrogens (tertiary/aromatic N) is 3. The van der Waals surface area contributed by atoms with Gasteiger partial charge in [0.15, 0.2) is 0 Å². The van der Waals surface area contributed by atoms with Gasteiger partial charge in [-0.15, -0.1) is 0 Å². The number of aromatic nitrogens is 1. The average molecular weight is 363 g/mol. The highest BCUT2D eigenvalue weighted by molar-refractivity contribution is 6.07. The van der Waals surface area contributed by atoms with E-state index in [0.717, 1.165) is 38.0 Å². The summed E-state index contributed by atoms with van der Waals surface area (Å²) >= 11 is 0. The number of carbonyl (C=O) groups excluding carboxylic acids is 2. The Hall–Kier alpha value is -2.69. The molecule has 4 rings (SSSR count). The second kappa shape index (κ2) is 7.14. The van der Waals surface area contributed by atoms with Crippen LogP contribution in [0.25, 0.3) is 0 Å². The van der Waals surface area contributed by atoms with Crippen LogP contribution in [0.1, 0.15) is 53.2 Å². The van der Waals surface area contributed by atoms with E-state index in [2.05, 4.69) is 18.0 Å². The maximum absolute atomic E-state index is 13.2. The molecule has 1 fully saturated rings. The zero-order chi connectivity index (χ0) is 19.0. The van der Waals surface area contributed by atoms with Crippen LogP contribution in [0.2, 0.25) is 0 Å².